The molecule has 1 aliphatic heterocycles. The van der Waals surface area contributed by atoms with E-state index in [2.05, 4.69) is 5.32 Å². The standard InChI is InChI=1S/C5H9FN2O.ClH/c6-2-3-1-4(7)5(9)8-3;/h3-4H,1-2,7H2,(H,8,9);1H/t3-,4+;/m1./s1. The van der Waals surface area contributed by atoms with Gasteiger partial charge in [-0.3, -0.25) is 4.79 Å². The Bertz CT molecular complexity index is 133. The van der Waals surface area contributed by atoms with E-state index in [9.17, 15) is 9.18 Å². The SMILES string of the molecule is Cl.N[C@H]1C[C@H](CF)NC1=O. The molecule has 0 spiro atoms. The van der Waals surface area contributed by atoms with Crippen molar-refractivity contribution in [2.45, 2.75) is 18.5 Å². The smallest absolute Gasteiger partial charge is 0.237 e. The van der Waals surface area contributed by atoms with E-state index < -0.39 is 12.7 Å². The van der Waals surface area contributed by atoms with Crippen LogP contribution in [0.1, 0.15) is 6.42 Å². The highest BCUT2D eigenvalue weighted by atomic mass is 35.5. The van der Waals surface area contributed by atoms with Crippen molar-refractivity contribution in [3.8, 4) is 0 Å². The number of carbonyl (C=O) groups is 1. The van der Waals surface area contributed by atoms with E-state index in [1.54, 1.807) is 0 Å². The van der Waals surface area contributed by atoms with Crippen LogP contribution in [0.5, 0.6) is 0 Å². The van der Waals surface area contributed by atoms with Crippen LogP contribution < -0.4 is 11.1 Å². The van der Waals surface area contributed by atoms with Crippen molar-refractivity contribution in [2.75, 3.05) is 6.67 Å². The van der Waals surface area contributed by atoms with E-state index in [0.29, 0.717) is 6.42 Å². The highest BCUT2D eigenvalue weighted by molar-refractivity contribution is 5.85. The van der Waals surface area contributed by atoms with Gasteiger partial charge in [0.15, 0.2) is 0 Å². The van der Waals surface area contributed by atoms with Gasteiger partial charge >= 0.3 is 0 Å². The van der Waals surface area contributed by atoms with E-state index >= 15 is 0 Å². The molecule has 60 valence electrons. The minimum Gasteiger partial charge on any atom is -0.349 e. The highest BCUT2D eigenvalue weighted by Crippen LogP contribution is 2.05. The van der Waals surface area contributed by atoms with E-state index in [-0.39, 0.29) is 24.4 Å². The molecule has 1 aliphatic rings. The summed E-state index contributed by atoms with van der Waals surface area (Å²) in [5.41, 5.74) is 5.27. The van der Waals surface area contributed by atoms with Gasteiger partial charge in [0.1, 0.15) is 6.67 Å². The summed E-state index contributed by atoms with van der Waals surface area (Å²) in [6.45, 7) is -0.514. The number of hydrogen-bond acceptors (Lipinski definition) is 2. The maximum Gasteiger partial charge on any atom is 0.237 e. The molecule has 0 aliphatic carbocycles. The van der Waals surface area contributed by atoms with Crippen LogP contribution in [-0.2, 0) is 4.79 Å². The summed E-state index contributed by atoms with van der Waals surface area (Å²) in [5.74, 6) is -0.238. The Kier molecular flexibility index (Phi) is 3.60. The second-order valence-electron chi connectivity index (χ2n) is 2.20. The molecule has 5 heteroatoms. The van der Waals surface area contributed by atoms with Crippen molar-refractivity contribution >= 4 is 18.3 Å². The van der Waals surface area contributed by atoms with Gasteiger partial charge in [0, 0.05) is 0 Å². The summed E-state index contributed by atoms with van der Waals surface area (Å²) in [4.78, 5) is 10.5. The van der Waals surface area contributed by atoms with Gasteiger partial charge in [0.25, 0.3) is 0 Å². The number of nitrogens with two attached hydrogens (primary N) is 1. The summed E-state index contributed by atoms with van der Waals surface area (Å²) in [6, 6.07) is -0.835. The fraction of sp³-hybridized carbons (Fsp3) is 0.800. The van der Waals surface area contributed by atoms with Crippen molar-refractivity contribution in [3.63, 3.8) is 0 Å². The zero-order valence-corrected chi connectivity index (χ0v) is 6.16. The Morgan fingerprint density at radius 3 is 2.60 bits per heavy atom. The Hall–Kier alpha value is -0.350. The second-order valence-corrected chi connectivity index (χ2v) is 2.20. The van der Waals surface area contributed by atoms with E-state index in [0.717, 1.165) is 0 Å². The molecular formula is C5H10ClFN2O. The normalized spacial score (nSPS) is 31.2. The predicted octanol–water partition coefficient (Wildman–Crippen LogP) is -0.407. The van der Waals surface area contributed by atoms with Crippen molar-refractivity contribution in [1.82, 2.24) is 5.32 Å². The first-order valence-electron chi connectivity index (χ1n) is 2.86. The number of rotatable bonds is 1. The summed E-state index contributed by atoms with van der Waals surface area (Å²) >= 11 is 0. The fourth-order valence-corrected chi connectivity index (χ4v) is 0.882. The van der Waals surface area contributed by atoms with Crippen LogP contribution in [0.2, 0.25) is 0 Å². The fourth-order valence-electron chi connectivity index (χ4n) is 0.882. The molecule has 3 N–H and O–H groups in total. The maximum atomic E-state index is 11.8. The molecule has 1 heterocycles. The summed E-state index contributed by atoms with van der Waals surface area (Å²) in [5, 5.41) is 2.41. The second kappa shape index (κ2) is 3.73. The van der Waals surface area contributed by atoms with Crippen LogP contribution in [0.3, 0.4) is 0 Å². The van der Waals surface area contributed by atoms with Gasteiger partial charge in [-0.1, -0.05) is 0 Å². The lowest BCUT2D eigenvalue weighted by Crippen LogP contribution is -2.31. The molecule has 0 aromatic heterocycles. The molecule has 2 atom stereocenters. The number of carbonyl (C=O) groups excluding carboxylic acids is 1. The molecule has 0 aromatic carbocycles. The zero-order chi connectivity index (χ0) is 6.85. The third-order valence-corrected chi connectivity index (χ3v) is 1.41. The molecule has 1 rings (SSSR count). The van der Waals surface area contributed by atoms with Gasteiger partial charge in [0.2, 0.25) is 5.91 Å². The minimum atomic E-state index is -0.514. The van der Waals surface area contributed by atoms with Gasteiger partial charge in [0.05, 0.1) is 12.1 Å². The average molecular weight is 169 g/mol. The molecule has 0 unspecified atom stereocenters. The monoisotopic (exact) mass is 168 g/mol. The van der Waals surface area contributed by atoms with Crippen molar-refractivity contribution in [3.05, 3.63) is 0 Å². The largest absolute Gasteiger partial charge is 0.349 e. The topological polar surface area (TPSA) is 55.1 Å². The molecule has 0 radical (unpaired) electrons. The maximum absolute atomic E-state index is 11.8. The third-order valence-electron chi connectivity index (χ3n) is 1.41. The van der Waals surface area contributed by atoms with E-state index in [1.807, 2.05) is 0 Å². The number of alkyl halides is 1. The number of hydrogen-bond donors (Lipinski definition) is 2. The Morgan fingerprint density at radius 2 is 2.40 bits per heavy atom. The highest BCUT2D eigenvalue weighted by Gasteiger charge is 2.28. The molecule has 0 bridgehead atoms. The lowest BCUT2D eigenvalue weighted by atomic mass is 10.2. The van der Waals surface area contributed by atoms with E-state index in [4.69, 9.17) is 5.73 Å². The first kappa shape index (κ1) is 9.65. The quantitative estimate of drug-likeness (QED) is 0.560. The van der Waals surface area contributed by atoms with Crippen LogP contribution in [-0.4, -0.2) is 24.7 Å². The lowest BCUT2D eigenvalue weighted by Gasteiger charge is -1.99. The van der Waals surface area contributed by atoms with Crippen LogP contribution >= 0.6 is 12.4 Å². The molecular weight excluding hydrogens is 159 g/mol. The Balaban J connectivity index is 0.000000810. The molecule has 10 heavy (non-hydrogen) atoms. The Labute approximate surface area is 64.6 Å². The van der Waals surface area contributed by atoms with Gasteiger partial charge in [-0.2, -0.15) is 0 Å². The van der Waals surface area contributed by atoms with Crippen LogP contribution in [0, 0.1) is 0 Å². The molecule has 1 fully saturated rings. The first-order chi connectivity index (χ1) is 4.24. The average Bonchev–Trinajstić information content (AvgIpc) is 2.13. The summed E-state index contributed by atoms with van der Waals surface area (Å²) < 4.78 is 11.8. The summed E-state index contributed by atoms with van der Waals surface area (Å²) in [6.07, 6.45) is 0.426. The third kappa shape index (κ3) is 1.82. The van der Waals surface area contributed by atoms with Crippen molar-refractivity contribution in [1.29, 1.82) is 0 Å². The van der Waals surface area contributed by atoms with Crippen LogP contribution in [0.25, 0.3) is 0 Å². The predicted molar refractivity (Wildman–Crippen MR) is 37.7 cm³/mol. The molecule has 0 aromatic rings. The zero-order valence-electron chi connectivity index (χ0n) is 5.34. The van der Waals surface area contributed by atoms with Gasteiger partial charge < -0.3 is 11.1 Å². The molecule has 3 nitrogen and oxygen atoms in total. The van der Waals surface area contributed by atoms with Gasteiger partial charge in [-0.15, -0.1) is 12.4 Å². The van der Waals surface area contributed by atoms with E-state index in [1.165, 1.54) is 0 Å². The summed E-state index contributed by atoms with van der Waals surface area (Å²) in [7, 11) is 0. The molecule has 1 saturated heterocycles. The number of nitrogens with one attached hydrogen (secondary N) is 1. The van der Waals surface area contributed by atoms with Crippen molar-refractivity contribution < 1.29 is 9.18 Å². The van der Waals surface area contributed by atoms with Crippen LogP contribution in [0.15, 0.2) is 0 Å². The number of halogens is 2. The first-order valence-corrected chi connectivity index (χ1v) is 2.86. The minimum absolute atomic E-state index is 0. The number of amides is 1. The van der Waals surface area contributed by atoms with Gasteiger partial charge in [-0.05, 0) is 6.42 Å². The van der Waals surface area contributed by atoms with Crippen molar-refractivity contribution in [2.24, 2.45) is 5.73 Å². The molecule has 1 amide bonds. The van der Waals surface area contributed by atoms with Crippen LogP contribution in [0.4, 0.5) is 4.39 Å². The van der Waals surface area contributed by atoms with Gasteiger partial charge in [-0.25, -0.2) is 4.39 Å². The molecule has 0 saturated carbocycles. The lowest BCUT2D eigenvalue weighted by molar-refractivity contribution is -0.120. The Morgan fingerprint density at radius 1 is 1.80 bits per heavy atom.